The molecule has 140 valence electrons. The average Bonchev–Trinajstić information content (AvgIpc) is 3.38. The van der Waals surface area contributed by atoms with Crippen molar-refractivity contribution in [2.24, 2.45) is 0 Å². The molecule has 27 heavy (non-hydrogen) atoms. The second kappa shape index (κ2) is 7.33. The highest BCUT2D eigenvalue weighted by Crippen LogP contribution is 2.27. The number of hydrogen-bond donors (Lipinski definition) is 4. The minimum absolute atomic E-state index is 0.123. The Morgan fingerprint density at radius 1 is 1.37 bits per heavy atom. The van der Waals surface area contributed by atoms with E-state index in [1.165, 1.54) is 18.3 Å². The van der Waals surface area contributed by atoms with Crippen molar-refractivity contribution < 1.29 is 14.0 Å². The van der Waals surface area contributed by atoms with Gasteiger partial charge in [0.25, 0.3) is 5.91 Å². The number of H-pyrrole nitrogens is 1. The van der Waals surface area contributed by atoms with E-state index in [0.717, 1.165) is 24.2 Å². The van der Waals surface area contributed by atoms with Gasteiger partial charge in [-0.3, -0.25) is 20.0 Å². The molecule has 0 saturated heterocycles. The number of anilines is 1. The number of furan rings is 1. The topological polar surface area (TPSA) is 125 Å². The van der Waals surface area contributed by atoms with E-state index in [1.807, 2.05) is 0 Å². The Morgan fingerprint density at radius 2 is 2.26 bits per heavy atom. The zero-order chi connectivity index (χ0) is 18.8. The Kier molecular flexibility index (Phi) is 4.73. The molecule has 4 heterocycles. The van der Waals surface area contributed by atoms with Crippen LogP contribution in [-0.4, -0.2) is 33.5 Å². The number of rotatable bonds is 5. The van der Waals surface area contributed by atoms with E-state index >= 15 is 0 Å². The molecule has 4 rings (SSSR count). The predicted octanol–water partition coefficient (Wildman–Crippen LogP) is 1.66. The lowest BCUT2D eigenvalue weighted by Crippen LogP contribution is -2.25. The van der Waals surface area contributed by atoms with Gasteiger partial charge in [-0.25, -0.2) is 4.98 Å². The van der Waals surface area contributed by atoms with Crippen LogP contribution < -0.4 is 16.0 Å². The Bertz CT molecular complexity index is 989. The third-order valence-electron chi connectivity index (χ3n) is 4.17. The maximum Gasteiger partial charge on any atom is 0.278 e. The van der Waals surface area contributed by atoms with Crippen LogP contribution in [-0.2, 0) is 24.3 Å². The van der Waals surface area contributed by atoms with Crippen LogP contribution in [0.4, 0.5) is 5.13 Å². The molecule has 4 N–H and O–H groups in total. The number of nitrogens with one attached hydrogen (secondary N) is 4. The van der Waals surface area contributed by atoms with Gasteiger partial charge in [0.05, 0.1) is 6.54 Å². The zero-order valence-corrected chi connectivity index (χ0v) is 15.4. The fraction of sp³-hybridized carbons (Fsp3) is 0.294. The molecule has 2 amide bonds. The van der Waals surface area contributed by atoms with Crippen LogP contribution >= 0.6 is 11.3 Å². The highest BCUT2D eigenvalue weighted by molar-refractivity contribution is 7.14. The van der Waals surface area contributed by atoms with Gasteiger partial charge < -0.3 is 15.1 Å². The van der Waals surface area contributed by atoms with E-state index in [-0.39, 0.29) is 11.8 Å². The van der Waals surface area contributed by atoms with Crippen molar-refractivity contribution >= 4 is 28.3 Å². The van der Waals surface area contributed by atoms with Gasteiger partial charge in [0.2, 0.25) is 5.91 Å². The van der Waals surface area contributed by atoms with E-state index in [1.54, 1.807) is 17.5 Å². The van der Waals surface area contributed by atoms with Crippen molar-refractivity contribution in [3.8, 4) is 11.5 Å². The summed E-state index contributed by atoms with van der Waals surface area (Å²) in [6, 6.07) is 3.57. The highest BCUT2D eigenvalue weighted by atomic mass is 32.1. The minimum Gasteiger partial charge on any atom is -0.458 e. The molecule has 0 aliphatic carbocycles. The van der Waals surface area contributed by atoms with Crippen molar-refractivity contribution in [2.45, 2.75) is 26.4 Å². The minimum atomic E-state index is -0.289. The molecule has 0 spiro atoms. The highest BCUT2D eigenvalue weighted by Gasteiger charge is 2.22. The van der Waals surface area contributed by atoms with Gasteiger partial charge in [0.15, 0.2) is 16.6 Å². The summed E-state index contributed by atoms with van der Waals surface area (Å²) in [5.74, 6) is 0.799. The molecule has 10 heteroatoms. The fourth-order valence-corrected chi connectivity index (χ4v) is 3.53. The van der Waals surface area contributed by atoms with Crippen LogP contribution in [0.2, 0.25) is 0 Å². The van der Waals surface area contributed by atoms with Crippen molar-refractivity contribution in [3.63, 3.8) is 0 Å². The van der Waals surface area contributed by atoms with Crippen molar-refractivity contribution in [2.75, 3.05) is 11.9 Å². The van der Waals surface area contributed by atoms with Gasteiger partial charge in [-0.2, -0.15) is 5.10 Å². The summed E-state index contributed by atoms with van der Waals surface area (Å²) < 4.78 is 5.68. The molecule has 0 aromatic carbocycles. The number of fused-ring (bicyclic) bond motifs is 1. The summed E-state index contributed by atoms with van der Waals surface area (Å²) in [6.07, 6.45) is 0.830. The van der Waals surface area contributed by atoms with E-state index in [4.69, 9.17) is 4.42 Å². The summed E-state index contributed by atoms with van der Waals surface area (Å²) >= 11 is 1.31. The van der Waals surface area contributed by atoms with E-state index in [9.17, 15) is 9.59 Å². The number of nitrogens with zero attached hydrogens (tertiary/aromatic N) is 2. The monoisotopic (exact) mass is 386 g/mol. The lowest BCUT2D eigenvalue weighted by molar-refractivity contribution is -0.119. The molecule has 0 unspecified atom stereocenters. The molecule has 0 saturated carbocycles. The molecule has 3 aromatic rings. The zero-order valence-electron chi connectivity index (χ0n) is 14.6. The number of thiazole rings is 1. The molecule has 9 nitrogen and oxygen atoms in total. The molecule has 3 aromatic heterocycles. The van der Waals surface area contributed by atoms with Gasteiger partial charge in [-0.05, 0) is 12.1 Å². The Labute approximate surface area is 158 Å². The first-order valence-electron chi connectivity index (χ1n) is 8.47. The number of carbonyl (C=O) groups excluding carboxylic acids is 2. The third kappa shape index (κ3) is 3.76. The summed E-state index contributed by atoms with van der Waals surface area (Å²) in [7, 11) is 0. The second-order valence-electron chi connectivity index (χ2n) is 6.12. The lowest BCUT2D eigenvalue weighted by atomic mass is 10.1. The summed E-state index contributed by atoms with van der Waals surface area (Å²) in [5, 5.41) is 18.1. The molecule has 0 bridgehead atoms. The van der Waals surface area contributed by atoms with Crippen molar-refractivity contribution in [3.05, 3.63) is 40.2 Å². The molecule has 0 radical (unpaired) electrons. The van der Waals surface area contributed by atoms with Crippen LogP contribution in [0.1, 0.15) is 34.4 Å². The molecule has 1 aliphatic heterocycles. The Hall–Kier alpha value is -2.98. The molecular weight excluding hydrogens is 368 g/mol. The van der Waals surface area contributed by atoms with Gasteiger partial charge >= 0.3 is 0 Å². The number of aromatic amines is 1. The van der Waals surface area contributed by atoms with Crippen LogP contribution in [0.5, 0.6) is 0 Å². The standard InChI is InChI=1S/C17H18N6O3S/c1-9(24)19-6-10-2-3-14(26-10)13-8-27-17(20-13)21-16(25)15-11-7-18-5-4-12(11)22-23-15/h2-3,8,18H,4-7H2,1H3,(H,19,24)(H,22,23)(H,20,21,25). The summed E-state index contributed by atoms with van der Waals surface area (Å²) in [6.45, 7) is 3.27. The first kappa shape index (κ1) is 17.4. The van der Waals surface area contributed by atoms with Crippen LogP contribution in [0, 0.1) is 0 Å². The largest absolute Gasteiger partial charge is 0.458 e. The first-order valence-corrected chi connectivity index (χ1v) is 9.35. The normalized spacial score (nSPS) is 13.2. The quantitative estimate of drug-likeness (QED) is 0.528. The van der Waals surface area contributed by atoms with Crippen LogP contribution in [0.25, 0.3) is 11.5 Å². The van der Waals surface area contributed by atoms with Gasteiger partial charge in [0, 0.05) is 43.1 Å². The Balaban J connectivity index is 1.44. The van der Waals surface area contributed by atoms with Gasteiger partial charge in [-0.15, -0.1) is 11.3 Å². The number of amides is 2. The average molecular weight is 386 g/mol. The van der Waals surface area contributed by atoms with Gasteiger partial charge in [0.1, 0.15) is 11.5 Å². The SMILES string of the molecule is CC(=O)NCc1ccc(-c2csc(NC(=O)c3n[nH]c4c3CNCC4)n2)o1. The number of aromatic nitrogens is 3. The molecule has 0 fully saturated rings. The lowest BCUT2D eigenvalue weighted by Gasteiger charge is -2.12. The predicted molar refractivity (Wildman–Crippen MR) is 99.3 cm³/mol. The van der Waals surface area contributed by atoms with Crippen LogP contribution in [0.3, 0.4) is 0 Å². The third-order valence-corrected chi connectivity index (χ3v) is 4.93. The number of carbonyl (C=O) groups is 2. The summed E-state index contributed by atoms with van der Waals surface area (Å²) in [4.78, 5) is 27.9. The van der Waals surface area contributed by atoms with Crippen molar-refractivity contribution in [1.82, 2.24) is 25.8 Å². The van der Waals surface area contributed by atoms with Crippen molar-refractivity contribution in [1.29, 1.82) is 0 Å². The number of hydrogen-bond acceptors (Lipinski definition) is 7. The van der Waals surface area contributed by atoms with E-state index in [2.05, 4.69) is 31.1 Å². The molecule has 1 aliphatic rings. The fourth-order valence-electron chi connectivity index (χ4n) is 2.84. The Morgan fingerprint density at radius 3 is 3.11 bits per heavy atom. The second-order valence-corrected chi connectivity index (χ2v) is 6.98. The van der Waals surface area contributed by atoms with E-state index in [0.29, 0.717) is 41.1 Å². The van der Waals surface area contributed by atoms with E-state index < -0.39 is 0 Å². The molecule has 0 atom stereocenters. The summed E-state index contributed by atoms with van der Waals surface area (Å²) in [5.41, 5.74) is 2.92. The smallest absolute Gasteiger partial charge is 0.278 e. The molecular formula is C17H18N6O3S. The maximum absolute atomic E-state index is 12.5. The van der Waals surface area contributed by atoms with Gasteiger partial charge in [-0.1, -0.05) is 0 Å². The first-order chi connectivity index (χ1) is 13.1. The maximum atomic E-state index is 12.5. The van der Waals surface area contributed by atoms with Crippen LogP contribution in [0.15, 0.2) is 21.9 Å².